The molecule has 0 aliphatic carbocycles. The minimum atomic E-state index is -0.263. The molecule has 1 saturated heterocycles. The van der Waals surface area contributed by atoms with Crippen molar-refractivity contribution in [1.82, 2.24) is 9.80 Å². The minimum Gasteiger partial charge on any atom is -0.392 e. The van der Waals surface area contributed by atoms with Crippen LogP contribution in [0.4, 0.5) is 0 Å². The number of rotatable bonds is 22. The summed E-state index contributed by atoms with van der Waals surface area (Å²) in [6.07, 6.45) is 22.1. The van der Waals surface area contributed by atoms with E-state index >= 15 is 0 Å². The average molecular weight is 543 g/mol. The number of nitrogens with zero attached hydrogens (tertiary/aromatic N) is 2. The van der Waals surface area contributed by atoms with E-state index in [1.165, 1.54) is 89.9 Å². The lowest BCUT2D eigenvalue weighted by atomic mass is 10.1. The Balaban J connectivity index is 2.14. The van der Waals surface area contributed by atoms with Crippen LogP contribution in [0.15, 0.2) is 0 Å². The van der Waals surface area contributed by atoms with Gasteiger partial charge in [-0.25, -0.2) is 0 Å². The van der Waals surface area contributed by atoms with Crippen molar-refractivity contribution >= 4 is 0 Å². The van der Waals surface area contributed by atoms with Gasteiger partial charge in [0, 0.05) is 39.3 Å². The topological polar surface area (TPSA) is 65.4 Å². The zero-order valence-electron chi connectivity index (χ0n) is 25.6. The highest BCUT2D eigenvalue weighted by atomic mass is 16.5. The van der Waals surface area contributed by atoms with Crippen LogP contribution in [0.5, 0.6) is 0 Å². The third-order valence-electron chi connectivity index (χ3n) is 7.93. The Hall–Kier alpha value is -0.240. The Morgan fingerprint density at radius 2 is 0.763 bits per heavy atom. The van der Waals surface area contributed by atoms with Gasteiger partial charge in [-0.05, 0) is 12.8 Å². The fourth-order valence-electron chi connectivity index (χ4n) is 5.37. The molecule has 2 atom stereocenters. The third kappa shape index (κ3) is 22.6. The number of unbranched alkanes of at least 4 members (excludes halogenated alkanes) is 14. The lowest BCUT2D eigenvalue weighted by molar-refractivity contribution is 0.0129. The maximum Gasteiger partial charge on any atom is 0.0667 e. The lowest BCUT2D eigenvalue weighted by Gasteiger charge is -2.28. The quantitative estimate of drug-likeness (QED) is 0.154. The number of hydrogen-bond donors (Lipinski definition) is 2. The van der Waals surface area contributed by atoms with Gasteiger partial charge in [0.05, 0.1) is 38.6 Å². The maximum atomic E-state index is 10.6. The van der Waals surface area contributed by atoms with Crippen LogP contribution in [-0.2, 0) is 9.47 Å². The zero-order chi connectivity index (χ0) is 27.5. The Morgan fingerprint density at radius 3 is 1.08 bits per heavy atom. The second-order valence-electron chi connectivity index (χ2n) is 11.7. The largest absolute Gasteiger partial charge is 0.392 e. The summed E-state index contributed by atoms with van der Waals surface area (Å²) >= 11 is 0. The van der Waals surface area contributed by atoms with Crippen LogP contribution in [0.2, 0.25) is 0 Å². The van der Waals surface area contributed by atoms with E-state index in [2.05, 4.69) is 23.6 Å². The summed E-state index contributed by atoms with van der Waals surface area (Å²) in [5, 5.41) is 21.1. The normalized spacial score (nSPS) is 18.6. The summed E-state index contributed by atoms with van der Waals surface area (Å²) in [5.41, 5.74) is 0. The van der Waals surface area contributed by atoms with Gasteiger partial charge in [-0.1, -0.05) is 117 Å². The van der Waals surface area contributed by atoms with Crippen LogP contribution in [0.3, 0.4) is 0 Å². The van der Waals surface area contributed by atoms with Gasteiger partial charge in [0.25, 0.3) is 0 Å². The molecule has 6 heteroatoms. The molecule has 0 radical (unpaired) electrons. The van der Waals surface area contributed by atoms with Crippen LogP contribution >= 0.6 is 0 Å². The molecule has 2 N–H and O–H groups in total. The molecular formula is C32H66N2O4. The standard InChI is InChI=1S/C32H66N2O4/c1-3-5-7-9-11-13-15-17-19-31(35)29-33-21-25-37-27-23-34(24-28-38-26-22-33)30-32(36)20-18-16-14-12-10-8-6-4-2/h31-32,35-36H,3-30H2,1-2H3/t31-,32+. The molecule has 0 aromatic carbocycles. The fourth-order valence-corrected chi connectivity index (χ4v) is 5.37. The third-order valence-corrected chi connectivity index (χ3v) is 7.93. The summed E-state index contributed by atoms with van der Waals surface area (Å²) in [6, 6.07) is 0. The molecule has 1 rings (SSSR count). The van der Waals surface area contributed by atoms with Crippen molar-refractivity contribution in [3.05, 3.63) is 0 Å². The molecule has 38 heavy (non-hydrogen) atoms. The molecule has 1 aliphatic heterocycles. The Labute approximate surface area is 236 Å². The molecule has 0 bridgehead atoms. The predicted octanol–water partition coefficient (Wildman–Crippen LogP) is 6.42. The predicted molar refractivity (Wildman–Crippen MR) is 161 cm³/mol. The van der Waals surface area contributed by atoms with Crippen molar-refractivity contribution in [2.24, 2.45) is 0 Å². The first-order chi connectivity index (χ1) is 18.7. The molecule has 6 nitrogen and oxygen atoms in total. The van der Waals surface area contributed by atoms with Gasteiger partial charge in [-0.15, -0.1) is 0 Å². The van der Waals surface area contributed by atoms with Gasteiger partial charge in [0.15, 0.2) is 0 Å². The molecule has 0 spiro atoms. The van der Waals surface area contributed by atoms with Crippen LogP contribution in [0.1, 0.15) is 129 Å². The second-order valence-corrected chi connectivity index (χ2v) is 11.7. The van der Waals surface area contributed by atoms with Crippen molar-refractivity contribution in [2.45, 2.75) is 142 Å². The van der Waals surface area contributed by atoms with Crippen LogP contribution in [0, 0.1) is 0 Å². The molecule has 1 aliphatic rings. The number of hydrogen-bond acceptors (Lipinski definition) is 6. The van der Waals surface area contributed by atoms with Crippen LogP contribution in [0.25, 0.3) is 0 Å². The Kier molecular flexibility index (Phi) is 25.4. The van der Waals surface area contributed by atoms with E-state index in [0.717, 1.165) is 51.9 Å². The maximum absolute atomic E-state index is 10.6. The molecule has 1 fully saturated rings. The van der Waals surface area contributed by atoms with E-state index in [4.69, 9.17) is 9.47 Å². The van der Waals surface area contributed by atoms with E-state index < -0.39 is 0 Å². The fraction of sp³-hybridized carbons (Fsp3) is 1.00. The van der Waals surface area contributed by atoms with Crippen molar-refractivity contribution < 1.29 is 19.7 Å². The molecule has 1 heterocycles. The number of aliphatic hydroxyl groups excluding tert-OH is 2. The molecule has 0 unspecified atom stereocenters. The Morgan fingerprint density at radius 1 is 0.474 bits per heavy atom. The van der Waals surface area contributed by atoms with E-state index in [9.17, 15) is 10.2 Å². The molecular weight excluding hydrogens is 476 g/mol. The molecule has 0 aromatic rings. The number of β-amino-alcohol motifs (C(OH)–C–C–N with tert-alkyl or cyclic N) is 2. The first-order valence-electron chi connectivity index (χ1n) is 16.6. The monoisotopic (exact) mass is 543 g/mol. The number of ether oxygens (including phenoxy) is 2. The summed E-state index contributed by atoms with van der Waals surface area (Å²) in [6.45, 7) is 12.0. The molecule has 0 saturated carbocycles. The molecule has 228 valence electrons. The summed E-state index contributed by atoms with van der Waals surface area (Å²) in [4.78, 5) is 4.59. The highest BCUT2D eigenvalue weighted by Crippen LogP contribution is 2.13. The van der Waals surface area contributed by atoms with Gasteiger partial charge in [0.2, 0.25) is 0 Å². The van der Waals surface area contributed by atoms with Crippen molar-refractivity contribution in [3.8, 4) is 0 Å². The van der Waals surface area contributed by atoms with Gasteiger partial charge < -0.3 is 19.7 Å². The van der Waals surface area contributed by atoms with Gasteiger partial charge in [0.1, 0.15) is 0 Å². The van der Waals surface area contributed by atoms with E-state index in [0.29, 0.717) is 39.5 Å². The first kappa shape index (κ1) is 35.8. The summed E-state index contributed by atoms with van der Waals surface area (Å²) in [5.74, 6) is 0. The van der Waals surface area contributed by atoms with E-state index in [1.54, 1.807) is 0 Å². The van der Waals surface area contributed by atoms with Crippen LogP contribution in [-0.4, -0.2) is 97.9 Å². The average Bonchev–Trinajstić information content (AvgIpc) is 2.90. The minimum absolute atomic E-state index is 0.263. The van der Waals surface area contributed by atoms with Crippen LogP contribution < -0.4 is 0 Å². The highest BCUT2D eigenvalue weighted by Gasteiger charge is 2.15. The lowest BCUT2D eigenvalue weighted by Crippen LogP contribution is -2.40. The van der Waals surface area contributed by atoms with Crippen molar-refractivity contribution in [1.29, 1.82) is 0 Å². The van der Waals surface area contributed by atoms with Crippen molar-refractivity contribution in [2.75, 3.05) is 65.7 Å². The van der Waals surface area contributed by atoms with Crippen molar-refractivity contribution in [3.63, 3.8) is 0 Å². The van der Waals surface area contributed by atoms with Gasteiger partial charge in [-0.3, -0.25) is 9.80 Å². The van der Waals surface area contributed by atoms with E-state index in [1.807, 2.05) is 0 Å². The SMILES string of the molecule is CCCCCCCCCC[C@@H](O)CN1CCOCCN(C[C@@H](O)CCCCCCCCCC)CCOCC1. The number of aliphatic hydroxyl groups is 2. The zero-order valence-corrected chi connectivity index (χ0v) is 25.6. The van der Waals surface area contributed by atoms with Gasteiger partial charge >= 0.3 is 0 Å². The molecule has 0 aromatic heterocycles. The Bertz CT molecular complexity index is 428. The summed E-state index contributed by atoms with van der Waals surface area (Å²) < 4.78 is 11.9. The molecule has 0 amide bonds. The van der Waals surface area contributed by atoms with E-state index in [-0.39, 0.29) is 12.2 Å². The first-order valence-corrected chi connectivity index (χ1v) is 16.6. The second kappa shape index (κ2) is 27.0. The smallest absolute Gasteiger partial charge is 0.0667 e. The highest BCUT2D eigenvalue weighted by molar-refractivity contribution is 4.68. The summed E-state index contributed by atoms with van der Waals surface area (Å²) in [7, 11) is 0. The van der Waals surface area contributed by atoms with Gasteiger partial charge in [-0.2, -0.15) is 0 Å².